The van der Waals surface area contributed by atoms with Gasteiger partial charge in [0, 0.05) is 18.3 Å². The smallest absolute Gasteiger partial charge is 0.264 e. The van der Waals surface area contributed by atoms with Gasteiger partial charge in [0.1, 0.15) is 0 Å². The van der Waals surface area contributed by atoms with E-state index >= 15 is 0 Å². The van der Waals surface area contributed by atoms with Crippen molar-refractivity contribution < 1.29 is 13.2 Å². The van der Waals surface area contributed by atoms with E-state index in [1.54, 1.807) is 36.4 Å². The topological polar surface area (TPSA) is 66.5 Å². The Kier molecular flexibility index (Phi) is 5.75. The lowest BCUT2D eigenvalue weighted by Gasteiger charge is -2.20. The highest BCUT2D eigenvalue weighted by Gasteiger charge is 2.22. The Labute approximate surface area is 172 Å². The Morgan fingerprint density at radius 1 is 0.862 bits per heavy atom. The summed E-state index contributed by atoms with van der Waals surface area (Å²) in [5.74, 6) is -0.348. The Hall–Kier alpha value is -3.12. The van der Waals surface area contributed by atoms with Gasteiger partial charge in [-0.25, -0.2) is 8.42 Å². The minimum atomic E-state index is -3.79. The largest absolute Gasteiger partial charge is 0.322 e. The number of aryl methyl sites for hydroxylation is 3. The first-order chi connectivity index (χ1) is 13.7. The number of para-hydroxylation sites is 1. The average Bonchev–Trinajstić information content (AvgIpc) is 2.70. The van der Waals surface area contributed by atoms with Gasteiger partial charge in [0.25, 0.3) is 15.9 Å². The van der Waals surface area contributed by atoms with Crippen LogP contribution in [0.15, 0.2) is 71.6 Å². The van der Waals surface area contributed by atoms with Crippen molar-refractivity contribution in [2.24, 2.45) is 0 Å². The molecule has 0 unspecified atom stereocenters. The van der Waals surface area contributed by atoms with E-state index in [4.69, 9.17) is 0 Å². The molecule has 6 heteroatoms. The van der Waals surface area contributed by atoms with Gasteiger partial charge in [0.15, 0.2) is 0 Å². The fourth-order valence-corrected chi connectivity index (χ4v) is 4.54. The van der Waals surface area contributed by atoms with Gasteiger partial charge in [-0.2, -0.15) is 0 Å². The van der Waals surface area contributed by atoms with Crippen LogP contribution in [-0.4, -0.2) is 21.4 Å². The van der Waals surface area contributed by atoms with Crippen LogP contribution in [0.1, 0.15) is 27.0 Å². The van der Waals surface area contributed by atoms with Crippen molar-refractivity contribution >= 4 is 27.3 Å². The van der Waals surface area contributed by atoms with E-state index < -0.39 is 10.0 Å². The summed E-state index contributed by atoms with van der Waals surface area (Å²) in [7, 11) is -2.29. The fraction of sp³-hybridized carbons (Fsp3) is 0.174. The third-order valence-corrected chi connectivity index (χ3v) is 6.57. The van der Waals surface area contributed by atoms with Crippen molar-refractivity contribution in [3.8, 4) is 0 Å². The summed E-state index contributed by atoms with van der Waals surface area (Å²) in [6.45, 7) is 5.87. The number of hydrogen-bond acceptors (Lipinski definition) is 3. The standard InChI is InChI=1S/C23H24N2O3S/c1-16-13-17(2)22(18(3)14-16)24-23(26)19-9-8-12-21(15-19)29(27,28)25(4)20-10-6-5-7-11-20/h5-15H,1-4H3,(H,24,26). The van der Waals surface area contributed by atoms with Gasteiger partial charge in [-0.3, -0.25) is 9.10 Å². The molecule has 0 radical (unpaired) electrons. The van der Waals surface area contributed by atoms with Crippen molar-refractivity contribution in [1.82, 2.24) is 0 Å². The molecule has 1 N–H and O–H groups in total. The van der Waals surface area contributed by atoms with Gasteiger partial charge in [-0.15, -0.1) is 0 Å². The number of carbonyl (C=O) groups excluding carboxylic acids is 1. The van der Waals surface area contributed by atoms with Crippen molar-refractivity contribution in [2.75, 3.05) is 16.7 Å². The third-order valence-electron chi connectivity index (χ3n) is 4.79. The molecule has 0 saturated carbocycles. The molecule has 0 fully saturated rings. The molecule has 0 aliphatic rings. The second-order valence-corrected chi connectivity index (χ2v) is 9.03. The van der Waals surface area contributed by atoms with Crippen LogP contribution < -0.4 is 9.62 Å². The quantitative estimate of drug-likeness (QED) is 0.666. The van der Waals surface area contributed by atoms with E-state index in [-0.39, 0.29) is 16.4 Å². The summed E-state index contributed by atoms with van der Waals surface area (Å²) < 4.78 is 27.2. The molecular weight excluding hydrogens is 384 g/mol. The highest BCUT2D eigenvalue weighted by Crippen LogP contribution is 2.25. The van der Waals surface area contributed by atoms with Crippen LogP contribution in [-0.2, 0) is 10.0 Å². The van der Waals surface area contributed by atoms with Crippen LogP contribution in [0.3, 0.4) is 0 Å². The SMILES string of the molecule is Cc1cc(C)c(NC(=O)c2cccc(S(=O)(=O)N(C)c3ccccc3)c2)c(C)c1. The number of anilines is 2. The van der Waals surface area contributed by atoms with Crippen LogP contribution in [0, 0.1) is 20.8 Å². The molecule has 5 nitrogen and oxygen atoms in total. The molecule has 0 bridgehead atoms. The molecule has 0 atom stereocenters. The molecular formula is C23H24N2O3S. The lowest BCUT2D eigenvalue weighted by Crippen LogP contribution is -2.26. The third kappa shape index (κ3) is 4.32. The van der Waals surface area contributed by atoms with E-state index in [1.165, 1.54) is 23.5 Å². The number of nitrogens with zero attached hydrogens (tertiary/aromatic N) is 1. The highest BCUT2D eigenvalue weighted by atomic mass is 32.2. The maximum atomic E-state index is 13.0. The molecule has 3 rings (SSSR count). The second-order valence-electron chi connectivity index (χ2n) is 7.06. The van der Waals surface area contributed by atoms with E-state index in [1.807, 2.05) is 39.0 Å². The van der Waals surface area contributed by atoms with Gasteiger partial charge >= 0.3 is 0 Å². The number of benzene rings is 3. The summed E-state index contributed by atoms with van der Waals surface area (Å²) in [4.78, 5) is 12.9. The normalized spacial score (nSPS) is 11.2. The number of rotatable bonds is 5. The number of nitrogens with one attached hydrogen (secondary N) is 1. The molecule has 3 aromatic rings. The minimum Gasteiger partial charge on any atom is -0.322 e. The summed E-state index contributed by atoms with van der Waals surface area (Å²) in [6, 6.07) is 18.9. The van der Waals surface area contributed by atoms with E-state index in [0.717, 1.165) is 22.4 Å². The van der Waals surface area contributed by atoms with Crippen molar-refractivity contribution in [3.63, 3.8) is 0 Å². The first-order valence-corrected chi connectivity index (χ1v) is 10.7. The predicted octanol–water partition coefficient (Wildman–Crippen LogP) is 4.69. The zero-order valence-corrected chi connectivity index (χ0v) is 17.7. The second kappa shape index (κ2) is 8.09. The molecule has 150 valence electrons. The van der Waals surface area contributed by atoms with Gasteiger partial charge in [-0.1, -0.05) is 42.0 Å². The number of amides is 1. The zero-order chi connectivity index (χ0) is 21.2. The van der Waals surface area contributed by atoms with Gasteiger partial charge in [0.05, 0.1) is 10.6 Å². The average molecular weight is 409 g/mol. The van der Waals surface area contributed by atoms with Crippen LogP contribution in [0.2, 0.25) is 0 Å². The van der Waals surface area contributed by atoms with E-state index in [0.29, 0.717) is 5.69 Å². The van der Waals surface area contributed by atoms with Gasteiger partial charge in [-0.05, 0) is 62.2 Å². The minimum absolute atomic E-state index is 0.0638. The number of hydrogen-bond donors (Lipinski definition) is 1. The van der Waals surface area contributed by atoms with E-state index in [2.05, 4.69) is 5.32 Å². The van der Waals surface area contributed by atoms with Crippen molar-refractivity contribution in [3.05, 3.63) is 89.0 Å². The first-order valence-electron chi connectivity index (χ1n) is 9.23. The van der Waals surface area contributed by atoms with Crippen LogP contribution in [0.5, 0.6) is 0 Å². The summed E-state index contributed by atoms with van der Waals surface area (Å²) in [6.07, 6.45) is 0. The lowest BCUT2D eigenvalue weighted by atomic mass is 10.0. The van der Waals surface area contributed by atoms with E-state index in [9.17, 15) is 13.2 Å². The highest BCUT2D eigenvalue weighted by molar-refractivity contribution is 7.92. The molecule has 0 aliphatic heterocycles. The molecule has 0 saturated heterocycles. The monoisotopic (exact) mass is 408 g/mol. The zero-order valence-electron chi connectivity index (χ0n) is 16.9. The van der Waals surface area contributed by atoms with Crippen LogP contribution >= 0.6 is 0 Å². The summed E-state index contributed by atoms with van der Waals surface area (Å²) in [5, 5.41) is 2.91. The van der Waals surface area contributed by atoms with Crippen LogP contribution in [0.4, 0.5) is 11.4 Å². The van der Waals surface area contributed by atoms with Gasteiger partial charge in [0.2, 0.25) is 0 Å². The Balaban J connectivity index is 1.90. The summed E-state index contributed by atoms with van der Waals surface area (Å²) in [5.41, 5.74) is 4.62. The maximum Gasteiger partial charge on any atom is 0.264 e. The molecule has 0 aromatic heterocycles. The van der Waals surface area contributed by atoms with Gasteiger partial charge < -0.3 is 5.32 Å². The molecule has 1 amide bonds. The Bertz CT molecular complexity index is 1130. The maximum absolute atomic E-state index is 13.0. The molecule has 0 aliphatic carbocycles. The molecule has 29 heavy (non-hydrogen) atoms. The lowest BCUT2D eigenvalue weighted by molar-refractivity contribution is 0.102. The Morgan fingerprint density at radius 2 is 1.48 bits per heavy atom. The van der Waals surface area contributed by atoms with Crippen LogP contribution in [0.25, 0.3) is 0 Å². The summed E-state index contributed by atoms with van der Waals surface area (Å²) >= 11 is 0. The fourth-order valence-electron chi connectivity index (χ4n) is 3.30. The Morgan fingerprint density at radius 3 is 2.10 bits per heavy atom. The first kappa shape index (κ1) is 20.6. The molecule has 0 spiro atoms. The van der Waals surface area contributed by atoms with Crippen molar-refractivity contribution in [2.45, 2.75) is 25.7 Å². The molecule has 0 heterocycles. The van der Waals surface area contributed by atoms with Crippen molar-refractivity contribution in [1.29, 1.82) is 0 Å². The number of carbonyl (C=O) groups is 1. The molecule has 3 aromatic carbocycles. The predicted molar refractivity (Wildman–Crippen MR) is 117 cm³/mol. The number of sulfonamides is 1.